The molecule has 0 atom stereocenters. The van der Waals surface area contributed by atoms with Gasteiger partial charge in [0.25, 0.3) is 0 Å². The summed E-state index contributed by atoms with van der Waals surface area (Å²) in [5, 5.41) is 0. The van der Waals surface area contributed by atoms with Gasteiger partial charge in [0.2, 0.25) is 5.95 Å². The first kappa shape index (κ1) is 17.8. The van der Waals surface area contributed by atoms with Crippen LogP contribution in [0.2, 0.25) is 0 Å². The van der Waals surface area contributed by atoms with E-state index in [0.717, 1.165) is 51.2 Å². The lowest BCUT2D eigenvalue weighted by atomic mass is 10.2. The van der Waals surface area contributed by atoms with Gasteiger partial charge in [-0.25, -0.2) is 19.3 Å². The van der Waals surface area contributed by atoms with Crippen molar-refractivity contribution in [2.75, 3.05) is 67.2 Å². The highest BCUT2D eigenvalue weighted by Gasteiger charge is 2.24. The number of piperazine rings is 1. The highest BCUT2D eigenvalue weighted by Crippen LogP contribution is 2.22. The van der Waals surface area contributed by atoms with Crippen LogP contribution >= 0.6 is 0 Å². The zero-order chi connectivity index (χ0) is 18.6. The van der Waals surface area contributed by atoms with Gasteiger partial charge in [0.1, 0.15) is 12.1 Å². The second kappa shape index (κ2) is 7.99. The van der Waals surface area contributed by atoms with Gasteiger partial charge in [-0.15, -0.1) is 0 Å². The summed E-state index contributed by atoms with van der Waals surface area (Å²) in [7, 11) is 0. The van der Waals surface area contributed by atoms with Crippen molar-refractivity contribution >= 4 is 17.6 Å². The largest absolute Gasteiger partial charge is 0.378 e. The van der Waals surface area contributed by atoms with Crippen molar-refractivity contribution < 1.29 is 9.13 Å². The standard InChI is InChI=1S/C18H24FN7O/c1-2-14-16(19)17(22-13-21-14)25-5-7-26(8-6-25)18-20-4-3-15(23-18)24-9-11-27-12-10-24/h3-4,13H,2,5-12H2,1H3. The number of aromatic nitrogens is 4. The number of morpholine rings is 1. The Morgan fingerprint density at radius 3 is 2.44 bits per heavy atom. The van der Waals surface area contributed by atoms with Gasteiger partial charge in [-0.3, -0.25) is 0 Å². The van der Waals surface area contributed by atoms with Crippen molar-refractivity contribution in [2.24, 2.45) is 0 Å². The molecule has 2 aliphatic heterocycles. The topological polar surface area (TPSA) is 70.5 Å². The molecule has 144 valence electrons. The molecule has 2 saturated heterocycles. The Bertz CT molecular complexity index is 776. The number of hydrogen-bond donors (Lipinski definition) is 0. The van der Waals surface area contributed by atoms with Crippen LogP contribution in [0.5, 0.6) is 0 Å². The molecule has 4 heterocycles. The van der Waals surface area contributed by atoms with E-state index in [2.05, 4.69) is 24.8 Å². The normalized spacial score (nSPS) is 18.1. The van der Waals surface area contributed by atoms with E-state index in [1.807, 2.05) is 17.9 Å². The van der Waals surface area contributed by atoms with Crippen LogP contribution in [-0.4, -0.2) is 72.4 Å². The van der Waals surface area contributed by atoms with E-state index < -0.39 is 0 Å². The predicted octanol–water partition coefficient (Wildman–Crippen LogP) is 1.13. The molecule has 8 nitrogen and oxygen atoms in total. The molecule has 2 aromatic rings. The van der Waals surface area contributed by atoms with Crippen LogP contribution < -0.4 is 14.7 Å². The quantitative estimate of drug-likeness (QED) is 0.790. The molecule has 0 aromatic carbocycles. The molecule has 0 aliphatic carbocycles. The predicted molar refractivity (Wildman–Crippen MR) is 101 cm³/mol. The van der Waals surface area contributed by atoms with Gasteiger partial charge in [-0.05, 0) is 12.5 Å². The lowest BCUT2D eigenvalue weighted by Crippen LogP contribution is -2.48. The number of ether oxygens (including phenoxy) is 1. The Labute approximate surface area is 158 Å². The molecule has 2 aliphatic rings. The zero-order valence-electron chi connectivity index (χ0n) is 15.5. The highest BCUT2D eigenvalue weighted by molar-refractivity contribution is 5.47. The molecule has 0 amide bonds. The number of nitrogens with zero attached hydrogens (tertiary/aromatic N) is 7. The van der Waals surface area contributed by atoms with Gasteiger partial charge in [0.05, 0.1) is 18.9 Å². The smallest absolute Gasteiger partial charge is 0.227 e. The molecule has 0 saturated carbocycles. The summed E-state index contributed by atoms with van der Waals surface area (Å²) >= 11 is 0. The van der Waals surface area contributed by atoms with Crippen LogP contribution in [0.15, 0.2) is 18.6 Å². The van der Waals surface area contributed by atoms with Crippen LogP contribution in [-0.2, 0) is 11.2 Å². The fourth-order valence-corrected chi connectivity index (χ4v) is 3.44. The minimum Gasteiger partial charge on any atom is -0.378 e. The molecule has 9 heteroatoms. The zero-order valence-corrected chi connectivity index (χ0v) is 15.5. The first-order valence-electron chi connectivity index (χ1n) is 9.41. The van der Waals surface area contributed by atoms with Gasteiger partial charge in [0.15, 0.2) is 11.6 Å². The molecule has 0 spiro atoms. The number of halogens is 1. The summed E-state index contributed by atoms with van der Waals surface area (Å²) in [4.78, 5) is 23.7. The van der Waals surface area contributed by atoms with Crippen LogP contribution in [0.1, 0.15) is 12.6 Å². The minimum absolute atomic E-state index is 0.306. The van der Waals surface area contributed by atoms with E-state index in [9.17, 15) is 4.39 Å². The van der Waals surface area contributed by atoms with E-state index in [0.29, 0.717) is 31.0 Å². The Kier molecular flexibility index (Phi) is 5.28. The molecular weight excluding hydrogens is 349 g/mol. The average Bonchev–Trinajstić information content (AvgIpc) is 2.75. The monoisotopic (exact) mass is 373 g/mol. The molecule has 0 N–H and O–H groups in total. The van der Waals surface area contributed by atoms with E-state index in [-0.39, 0.29) is 5.82 Å². The van der Waals surface area contributed by atoms with Crippen LogP contribution in [0.4, 0.5) is 22.0 Å². The van der Waals surface area contributed by atoms with E-state index in [4.69, 9.17) is 9.72 Å². The van der Waals surface area contributed by atoms with Crippen LogP contribution in [0.25, 0.3) is 0 Å². The maximum atomic E-state index is 14.5. The van der Waals surface area contributed by atoms with Crippen molar-refractivity contribution in [1.82, 2.24) is 19.9 Å². The minimum atomic E-state index is -0.306. The van der Waals surface area contributed by atoms with Crippen molar-refractivity contribution in [3.63, 3.8) is 0 Å². The number of anilines is 3. The fraction of sp³-hybridized carbons (Fsp3) is 0.556. The molecule has 0 bridgehead atoms. The van der Waals surface area contributed by atoms with Crippen molar-refractivity contribution in [3.8, 4) is 0 Å². The average molecular weight is 373 g/mol. The summed E-state index contributed by atoms with van der Waals surface area (Å²) in [6, 6.07) is 1.94. The molecule has 4 rings (SSSR count). The Balaban J connectivity index is 1.44. The second-order valence-corrected chi connectivity index (χ2v) is 6.60. The van der Waals surface area contributed by atoms with E-state index in [1.54, 1.807) is 6.20 Å². The highest BCUT2D eigenvalue weighted by atomic mass is 19.1. The summed E-state index contributed by atoms with van der Waals surface area (Å²) in [6.07, 6.45) is 3.80. The fourth-order valence-electron chi connectivity index (χ4n) is 3.44. The van der Waals surface area contributed by atoms with Gasteiger partial charge < -0.3 is 19.4 Å². The molecule has 0 unspecified atom stereocenters. The summed E-state index contributed by atoms with van der Waals surface area (Å²) < 4.78 is 19.9. The third-order valence-corrected chi connectivity index (χ3v) is 5.00. The van der Waals surface area contributed by atoms with Gasteiger partial charge in [-0.2, -0.15) is 4.98 Å². The lowest BCUT2D eigenvalue weighted by molar-refractivity contribution is 0.122. The van der Waals surface area contributed by atoms with Gasteiger partial charge in [-0.1, -0.05) is 6.92 Å². The van der Waals surface area contributed by atoms with Crippen molar-refractivity contribution in [2.45, 2.75) is 13.3 Å². The van der Waals surface area contributed by atoms with Crippen LogP contribution in [0, 0.1) is 5.82 Å². The second-order valence-electron chi connectivity index (χ2n) is 6.60. The number of rotatable bonds is 4. The van der Waals surface area contributed by atoms with Crippen molar-refractivity contribution in [3.05, 3.63) is 30.1 Å². The molecule has 27 heavy (non-hydrogen) atoms. The Hall–Kier alpha value is -2.55. The number of aryl methyl sites for hydroxylation is 1. The van der Waals surface area contributed by atoms with Gasteiger partial charge in [0, 0.05) is 45.5 Å². The number of hydrogen-bond acceptors (Lipinski definition) is 8. The first-order chi connectivity index (χ1) is 13.3. The summed E-state index contributed by atoms with van der Waals surface area (Å²) in [5.41, 5.74) is 0.462. The SMILES string of the molecule is CCc1ncnc(N2CCN(c3nccc(N4CCOCC4)n3)CC2)c1F. The summed E-state index contributed by atoms with van der Waals surface area (Å²) in [6.45, 7) is 7.81. The van der Waals surface area contributed by atoms with E-state index in [1.165, 1.54) is 6.33 Å². The molecule has 2 aromatic heterocycles. The van der Waals surface area contributed by atoms with Crippen molar-refractivity contribution in [1.29, 1.82) is 0 Å². The first-order valence-corrected chi connectivity index (χ1v) is 9.41. The van der Waals surface area contributed by atoms with E-state index >= 15 is 0 Å². The van der Waals surface area contributed by atoms with Crippen LogP contribution in [0.3, 0.4) is 0 Å². The Morgan fingerprint density at radius 2 is 1.70 bits per heavy atom. The Morgan fingerprint density at radius 1 is 0.963 bits per heavy atom. The lowest BCUT2D eigenvalue weighted by Gasteiger charge is -2.36. The third-order valence-electron chi connectivity index (χ3n) is 5.00. The maximum Gasteiger partial charge on any atom is 0.227 e. The molecular formula is C18H24FN7O. The molecule has 2 fully saturated rings. The third kappa shape index (κ3) is 3.78. The summed E-state index contributed by atoms with van der Waals surface area (Å²) in [5.74, 6) is 1.74. The molecule has 0 radical (unpaired) electrons. The van der Waals surface area contributed by atoms with Gasteiger partial charge >= 0.3 is 0 Å². The maximum absolute atomic E-state index is 14.5.